The summed E-state index contributed by atoms with van der Waals surface area (Å²) in [6, 6.07) is 0. The van der Waals surface area contributed by atoms with Gasteiger partial charge in [-0.15, -0.1) is 0 Å². The van der Waals surface area contributed by atoms with Crippen LogP contribution in [-0.4, -0.2) is 46.2 Å². The molecular weight excluding hydrogens is 412 g/mol. The second-order valence-corrected chi connectivity index (χ2v) is 11.2. The SMILES string of the molecule is C=C(CCC1C(C)(O)CC2OC(=O)C3(C)CCCC1(C)C23)C(CC1OC(=O)C=C1C)OO. The van der Waals surface area contributed by atoms with E-state index in [1.54, 1.807) is 0 Å². The topological polar surface area (TPSA) is 102 Å². The Bertz CT molecular complexity index is 845. The van der Waals surface area contributed by atoms with E-state index in [1.807, 2.05) is 20.8 Å². The standard InChI is InChI=1S/C25H36O7/c1-14(17(32-29)12-16-15(2)11-20(26)30-16)7-8-19-23(3)9-6-10-24(4)21(23)18(31-22(24)27)13-25(19,5)28/h11,16-19,21,28-29H,1,6-10,12-13H2,2-5H3. The van der Waals surface area contributed by atoms with Crippen molar-refractivity contribution < 1.29 is 34.3 Å². The summed E-state index contributed by atoms with van der Waals surface area (Å²) in [5.41, 5.74) is -0.208. The number of cyclic esters (lactones) is 1. The van der Waals surface area contributed by atoms with E-state index in [-0.39, 0.29) is 35.3 Å². The zero-order chi connectivity index (χ0) is 23.5. The molecule has 32 heavy (non-hydrogen) atoms. The number of ether oxygens (including phenoxy) is 2. The molecule has 4 aliphatic rings. The summed E-state index contributed by atoms with van der Waals surface area (Å²) in [5.74, 6) is -0.468. The minimum atomic E-state index is -0.977. The molecule has 0 aromatic rings. The molecule has 0 aromatic heterocycles. The van der Waals surface area contributed by atoms with Crippen LogP contribution in [0.25, 0.3) is 0 Å². The molecule has 3 fully saturated rings. The van der Waals surface area contributed by atoms with Gasteiger partial charge < -0.3 is 14.6 Å². The fourth-order valence-electron chi connectivity index (χ4n) is 7.48. The summed E-state index contributed by atoms with van der Waals surface area (Å²) in [4.78, 5) is 28.9. The Labute approximate surface area is 189 Å². The molecule has 2 saturated carbocycles. The van der Waals surface area contributed by atoms with Crippen molar-refractivity contribution in [3.05, 3.63) is 23.8 Å². The summed E-state index contributed by atoms with van der Waals surface area (Å²) >= 11 is 0. The Morgan fingerprint density at radius 3 is 2.62 bits per heavy atom. The smallest absolute Gasteiger partial charge is 0.331 e. The van der Waals surface area contributed by atoms with Crippen molar-refractivity contribution in [2.24, 2.45) is 22.7 Å². The van der Waals surface area contributed by atoms with Crippen LogP contribution in [0.4, 0.5) is 0 Å². The van der Waals surface area contributed by atoms with E-state index in [4.69, 9.17) is 14.4 Å². The second kappa shape index (κ2) is 7.96. The molecule has 2 N–H and O–H groups in total. The van der Waals surface area contributed by atoms with Crippen molar-refractivity contribution in [2.45, 2.75) is 96.6 Å². The van der Waals surface area contributed by atoms with Crippen LogP contribution in [0.1, 0.15) is 72.6 Å². The molecule has 2 heterocycles. The zero-order valence-electron chi connectivity index (χ0n) is 19.6. The molecule has 178 valence electrons. The summed E-state index contributed by atoms with van der Waals surface area (Å²) in [7, 11) is 0. The van der Waals surface area contributed by atoms with Gasteiger partial charge in [0.25, 0.3) is 0 Å². The van der Waals surface area contributed by atoms with Crippen molar-refractivity contribution in [3.8, 4) is 0 Å². The van der Waals surface area contributed by atoms with Crippen molar-refractivity contribution in [1.29, 1.82) is 0 Å². The van der Waals surface area contributed by atoms with Gasteiger partial charge >= 0.3 is 11.9 Å². The van der Waals surface area contributed by atoms with Crippen LogP contribution in [0.2, 0.25) is 0 Å². The van der Waals surface area contributed by atoms with Crippen LogP contribution < -0.4 is 0 Å². The van der Waals surface area contributed by atoms with Gasteiger partial charge in [0.2, 0.25) is 0 Å². The Balaban J connectivity index is 1.49. The number of hydrogen-bond donors (Lipinski definition) is 2. The summed E-state index contributed by atoms with van der Waals surface area (Å²) < 4.78 is 11.1. The maximum Gasteiger partial charge on any atom is 0.331 e. The lowest BCUT2D eigenvalue weighted by Crippen LogP contribution is -2.61. The normalized spacial score (nSPS) is 43.9. The van der Waals surface area contributed by atoms with Crippen molar-refractivity contribution in [3.63, 3.8) is 0 Å². The van der Waals surface area contributed by atoms with Gasteiger partial charge in [-0.3, -0.25) is 10.1 Å². The number of rotatable bonds is 7. The highest BCUT2D eigenvalue weighted by atomic mass is 17.1. The molecule has 0 aromatic carbocycles. The molecule has 0 bridgehead atoms. The third-order valence-corrected chi connectivity index (χ3v) is 8.94. The molecule has 2 aliphatic heterocycles. The summed E-state index contributed by atoms with van der Waals surface area (Å²) in [5, 5.41) is 21.0. The van der Waals surface area contributed by atoms with E-state index < -0.39 is 23.2 Å². The van der Waals surface area contributed by atoms with Gasteiger partial charge in [0.1, 0.15) is 18.3 Å². The first-order valence-electron chi connectivity index (χ1n) is 11.7. The molecule has 4 rings (SSSR count). The highest BCUT2D eigenvalue weighted by molar-refractivity contribution is 5.85. The number of carbonyl (C=O) groups is 2. The summed E-state index contributed by atoms with van der Waals surface area (Å²) in [6.07, 6.45) is 4.75. The van der Waals surface area contributed by atoms with Crippen LogP contribution in [0.3, 0.4) is 0 Å². The monoisotopic (exact) mass is 448 g/mol. The van der Waals surface area contributed by atoms with Crippen molar-refractivity contribution in [2.75, 3.05) is 0 Å². The summed E-state index contributed by atoms with van der Waals surface area (Å²) in [6.45, 7) is 12.0. The Morgan fingerprint density at radius 2 is 2.00 bits per heavy atom. The van der Waals surface area contributed by atoms with E-state index in [0.29, 0.717) is 31.3 Å². The van der Waals surface area contributed by atoms with Gasteiger partial charge in [0.05, 0.1) is 11.0 Å². The minimum absolute atomic E-state index is 0.0487. The first-order valence-corrected chi connectivity index (χ1v) is 11.7. The van der Waals surface area contributed by atoms with Gasteiger partial charge in [-0.2, -0.15) is 0 Å². The average Bonchev–Trinajstić information content (AvgIpc) is 3.13. The quantitative estimate of drug-likeness (QED) is 0.263. The Kier molecular flexibility index (Phi) is 5.83. The fraction of sp³-hybridized carbons (Fsp3) is 0.760. The molecule has 8 atom stereocenters. The average molecular weight is 449 g/mol. The molecule has 1 saturated heterocycles. The molecule has 0 spiro atoms. The largest absolute Gasteiger partial charge is 0.461 e. The van der Waals surface area contributed by atoms with Crippen LogP contribution in [0, 0.1) is 22.7 Å². The van der Waals surface area contributed by atoms with E-state index in [2.05, 4.69) is 13.5 Å². The van der Waals surface area contributed by atoms with Crippen LogP contribution >= 0.6 is 0 Å². The van der Waals surface area contributed by atoms with Crippen LogP contribution in [0.5, 0.6) is 0 Å². The molecule has 0 radical (unpaired) electrons. The maximum atomic E-state index is 12.7. The van der Waals surface area contributed by atoms with Crippen LogP contribution in [0.15, 0.2) is 23.8 Å². The van der Waals surface area contributed by atoms with Crippen molar-refractivity contribution in [1.82, 2.24) is 0 Å². The van der Waals surface area contributed by atoms with Gasteiger partial charge in [-0.25, -0.2) is 9.68 Å². The molecule has 0 amide bonds. The lowest BCUT2D eigenvalue weighted by Gasteiger charge is -2.59. The fourth-order valence-corrected chi connectivity index (χ4v) is 7.48. The predicted octanol–water partition coefficient (Wildman–Crippen LogP) is 3.95. The molecule has 8 unspecified atom stereocenters. The number of esters is 2. The molecular formula is C25H36O7. The number of hydrogen-bond acceptors (Lipinski definition) is 7. The third-order valence-electron chi connectivity index (χ3n) is 8.94. The number of carbonyl (C=O) groups excluding carboxylic acids is 2. The van der Waals surface area contributed by atoms with Gasteiger partial charge in [-0.05, 0) is 68.9 Å². The second-order valence-electron chi connectivity index (χ2n) is 11.2. The Morgan fingerprint density at radius 1 is 1.28 bits per heavy atom. The first kappa shape index (κ1) is 23.5. The highest BCUT2D eigenvalue weighted by Crippen LogP contribution is 2.66. The highest BCUT2D eigenvalue weighted by Gasteiger charge is 2.69. The number of aliphatic hydroxyl groups is 1. The van der Waals surface area contributed by atoms with E-state index in [0.717, 1.165) is 24.8 Å². The van der Waals surface area contributed by atoms with Crippen molar-refractivity contribution >= 4 is 11.9 Å². The molecule has 7 heteroatoms. The van der Waals surface area contributed by atoms with E-state index in [9.17, 15) is 20.0 Å². The lowest BCUT2D eigenvalue weighted by atomic mass is 9.45. The van der Waals surface area contributed by atoms with E-state index in [1.165, 1.54) is 6.08 Å². The van der Waals surface area contributed by atoms with Gasteiger partial charge in [0.15, 0.2) is 0 Å². The predicted molar refractivity (Wildman–Crippen MR) is 116 cm³/mol. The first-order chi connectivity index (χ1) is 14.9. The molecule has 7 nitrogen and oxygen atoms in total. The lowest BCUT2D eigenvalue weighted by molar-refractivity contribution is -0.273. The molecule has 2 aliphatic carbocycles. The third kappa shape index (κ3) is 3.62. The Hall–Kier alpha value is -1.70. The minimum Gasteiger partial charge on any atom is -0.461 e. The van der Waals surface area contributed by atoms with Gasteiger partial charge in [-0.1, -0.05) is 19.9 Å². The van der Waals surface area contributed by atoms with E-state index >= 15 is 0 Å². The van der Waals surface area contributed by atoms with Gasteiger partial charge in [0, 0.05) is 24.8 Å². The maximum absolute atomic E-state index is 12.7. The van der Waals surface area contributed by atoms with Crippen LogP contribution in [-0.2, 0) is 24.0 Å². The zero-order valence-corrected chi connectivity index (χ0v) is 19.6.